The van der Waals surface area contributed by atoms with Gasteiger partial charge in [0.15, 0.2) is 18.3 Å². The number of ether oxygens (including phenoxy) is 1. The van der Waals surface area contributed by atoms with Gasteiger partial charge in [-0.25, -0.2) is 4.79 Å². The molecule has 10 heteroatoms. The molecule has 1 rings (SSSR count). The van der Waals surface area contributed by atoms with Crippen LogP contribution in [0.5, 0.6) is 0 Å². The van der Waals surface area contributed by atoms with Gasteiger partial charge in [-0.2, -0.15) is 29.1 Å². The predicted octanol–water partition coefficient (Wildman–Crippen LogP) is 0.0582. The van der Waals surface area contributed by atoms with E-state index in [-0.39, 0.29) is 21.9 Å². The van der Waals surface area contributed by atoms with Gasteiger partial charge < -0.3 is 4.74 Å². The summed E-state index contributed by atoms with van der Waals surface area (Å²) in [5.41, 5.74) is 0. The highest BCUT2D eigenvalue weighted by Gasteiger charge is 2.55. The van der Waals surface area contributed by atoms with E-state index < -0.39 is 30.4 Å². The highest BCUT2D eigenvalue weighted by Crippen LogP contribution is 2.28. The number of hydrogen-bond acceptors (Lipinski definition) is 8. The Bertz CT molecular complexity index is 503. The van der Waals surface area contributed by atoms with Crippen molar-refractivity contribution in [1.82, 2.24) is 10.1 Å². The lowest BCUT2D eigenvalue weighted by atomic mass is 9.99. The number of rotatable bonds is 10. The monoisotopic (exact) mass is 408 g/mol. The molecule has 1 aliphatic rings. The van der Waals surface area contributed by atoms with E-state index in [1.54, 1.807) is 31.3 Å². The van der Waals surface area contributed by atoms with Crippen molar-refractivity contribution < 1.29 is 38.2 Å². The Morgan fingerprint density at radius 2 is 1.46 bits per heavy atom. The molecule has 28 heavy (non-hydrogen) atoms. The first-order valence-corrected chi connectivity index (χ1v) is 9.50. The van der Waals surface area contributed by atoms with Crippen molar-refractivity contribution in [2.24, 2.45) is 0 Å². The summed E-state index contributed by atoms with van der Waals surface area (Å²) in [6.45, 7) is 4.09. The molecule has 0 aromatic rings. The topological polar surface area (TPSA) is 69.7 Å². The average Bonchev–Trinajstić information content (AvgIpc) is 2.48. The Morgan fingerprint density at radius 3 is 1.89 bits per heavy atom. The number of carbonyl (C=O) groups is 1. The van der Waals surface area contributed by atoms with E-state index in [9.17, 15) is 4.79 Å². The zero-order valence-corrected chi connectivity index (χ0v) is 19.3. The molecule has 0 bridgehead atoms. The second kappa shape index (κ2) is 9.77. The van der Waals surface area contributed by atoms with Crippen LogP contribution in [-0.4, -0.2) is 126 Å². The fourth-order valence-electron chi connectivity index (χ4n) is 2.53. The summed E-state index contributed by atoms with van der Waals surface area (Å²) in [5.74, 6) is -0.500. The zero-order chi connectivity index (χ0) is 21.9. The molecule has 1 aliphatic heterocycles. The van der Waals surface area contributed by atoms with Crippen molar-refractivity contribution in [3.8, 4) is 0 Å². The van der Waals surface area contributed by atoms with Gasteiger partial charge in [0.05, 0.1) is 42.3 Å². The van der Waals surface area contributed by atoms with E-state index in [1.807, 2.05) is 56.1 Å². The van der Waals surface area contributed by atoms with Crippen LogP contribution in [0.2, 0.25) is 0 Å². The fourth-order valence-corrected chi connectivity index (χ4v) is 2.53. The summed E-state index contributed by atoms with van der Waals surface area (Å²) < 4.78 is 6.04. The lowest BCUT2D eigenvalue weighted by molar-refractivity contribution is -1.09. The van der Waals surface area contributed by atoms with Crippen molar-refractivity contribution >= 4 is 5.97 Å². The molecule has 1 heterocycles. The zero-order valence-electron chi connectivity index (χ0n) is 19.3. The Kier molecular flexibility index (Phi) is 8.79. The Labute approximate surface area is 169 Å². The second-order valence-corrected chi connectivity index (χ2v) is 9.17. The van der Waals surface area contributed by atoms with Crippen LogP contribution in [0.3, 0.4) is 0 Å². The quantitative estimate of drug-likeness (QED) is 0.286. The molecule has 0 N–H and O–H groups in total. The van der Waals surface area contributed by atoms with Gasteiger partial charge in [0.25, 0.3) is 0 Å². The van der Waals surface area contributed by atoms with E-state index in [4.69, 9.17) is 24.1 Å². The van der Waals surface area contributed by atoms with E-state index in [2.05, 4.69) is 0 Å². The summed E-state index contributed by atoms with van der Waals surface area (Å²) in [7, 11) is 16.6. The molecule has 10 nitrogen and oxygen atoms in total. The van der Waals surface area contributed by atoms with E-state index in [0.717, 1.165) is 0 Å². The van der Waals surface area contributed by atoms with E-state index in [1.165, 1.54) is 0 Å². The van der Waals surface area contributed by atoms with Gasteiger partial charge in [-0.3, -0.25) is 9.68 Å². The Balaban J connectivity index is 3.24. The van der Waals surface area contributed by atoms with Crippen molar-refractivity contribution in [2.75, 3.05) is 70.0 Å². The highest BCUT2D eigenvalue weighted by atomic mass is 16.8. The lowest BCUT2D eigenvalue weighted by Gasteiger charge is -2.43. The molecular formula is C18H40N4O6+2. The molecule has 0 spiro atoms. The Morgan fingerprint density at radius 1 is 0.964 bits per heavy atom. The number of hydrogen-bond donors (Lipinski definition) is 0. The van der Waals surface area contributed by atoms with Crippen LogP contribution in [0.15, 0.2) is 0 Å². The van der Waals surface area contributed by atoms with Gasteiger partial charge in [0.1, 0.15) is 6.61 Å². The molecule has 0 aromatic heterocycles. The van der Waals surface area contributed by atoms with Crippen molar-refractivity contribution in [3.63, 3.8) is 0 Å². The van der Waals surface area contributed by atoms with Gasteiger partial charge in [0.2, 0.25) is 6.10 Å². The molecule has 0 unspecified atom stereocenters. The molecule has 0 amide bonds. The normalized spacial score (nSPS) is 27.0. The number of carbonyl (C=O) groups excluding carboxylic acids is 1. The molecule has 4 atom stereocenters. The van der Waals surface area contributed by atoms with Gasteiger partial charge >= 0.3 is 5.97 Å². The van der Waals surface area contributed by atoms with Gasteiger partial charge in [0, 0.05) is 27.2 Å². The third kappa shape index (κ3) is 8.26. The lowest BCUT2D eigenvalue weighted by Crippen LogP contribution is -2.65. The molecule has 166 valence electrons. The van der Waals surface area contributed by atoms with Crippen LogP contribution in [-0.2, 0) is 28.9 Å². The van der Waals surface area contributed by atoms with Crippen LogP contribution in [0.1, 0.15) is 13.8 Å². The largest absolute Gasteiger partial charge is 0.455 e. The van der Waals surface area contributed by atoms with Gasteiger partial charge in [-0.1, -0.05) is 0 Å². The molecular weight excluding hydrogens is 368 g/mol. The first-order chi connectivity index (χ1) is 12.6. The minimum atomic E-state index is -0.961. The summed E-state index contributed by atoms with van der Waals surface area (Å²) in [6.07, 6.45) is -2.90. The maximum atomic E-state index is 12.8. The maximum absolute atomic E-state index is 12.8. The van der Waals surface area contributed by atoms with E-state index in [0.29, 0.717) is 0 Å². The number of quaternary nitrogens is 2. The fraction of sp³-hybridized carbons (Fsp3) is 0.944. The SMILES string of the molecule is CC(C)N(C)O[C@H]1C(=O)O[C@@H](CON(C)C)[C@@H](O[N+](C)(C)C)[C@@H]1O[N+](C)(C)C. The number of hydroxylamine groups is 10. The Hall–Kier alpha value is -0.850. The molecule has 0 aliphatic carbocycles. The van der Waals surface area contributed by atoms with Crippen LogP contribution in [0.25, 0.3) is 0 Å². The molecule has 0 radical (unpaired) electrons. The average molecular weight is 409 g/mol. The highest BCUT2D eigenvalue weighted by molar-refractivity contribution is 5.76. The smallest absolute Gasteiger partial charge is 0.341 e. The summed E-state index contributed by atoms with van der Waals surface area (Å²) >= 11 is 0. The molecule has 1 fully saturated rings. The van der Waals surface area contributed by atoms with E-state index >= 15 is 0 Å². The maximum Gasteiger partial charge on any atom is 0.341 e. The second-order valence-electron chi connectivity index (χ2n) is 9.17. The standard InChI is InChI=1S/C18H40N4O6/c1-13(2)20(5)26-17-16(28-22(9,10)11)15(27-21(6,7)8)14(25-18(17)23)12-24-19(3)4/h13-17H,12H2,1-11H3/q+2/t14-,15+,16-,17+/m0/s1. The minimum absolute atomic E-state index is 0.0742. The van der Waals surface area contributed by atoms with Crippen molar-refractivity contribution in [1.29, 1.82) is 0 Å². The summed E-state index contributed by atoms with van der Waals surface area (Å²) in [5, 5.41) is 3.18. The predicted molar refractivity (Wildman–Crippen MR) is 103 cm³/mol. The van der Waals surface area contributed by atoms with Gasteiger partial charge in [-0.05, 0) is 13.8 Å². The summed E-state index contributed by atoms with van der Waals surface area (Å²) in [4.78, 5) is 36.8. The molecule has 0 saturated carbocycles. The third-order valence-electron chi connectivity index (χ3n) is 3.87. The molecule has 1 saturated heterocycles. The third-order valence-corrected chi connectivity index (χ3v) is 3.87. The summed E-state index contributed by atoms with van der Waals surface area (Å²) in [6, 6.07) is 0.0742. The number of nitrogens with zero attached hydrogens (tertiary/aromatic N) is 4. The van der Waals surface area contributed by atoms with Gasteiger partial charge in [-0.15, -0.1) is 0 Å². The van der Waals surface area contributed by atoms with Crippen molar-refractivity contribution in [2.45, 2.75) is 44.3 Å². The van der Waals surface area contributed by atoms with Crippen LogP contribution >= 0.6 is 0 Å². The number of esters is 1. The number of cyclic esters (lactones) is 1. The van der Waals surface area contributed by atoms with Crippen LogP contribution < -0.4 is 0 Å². The van der Waals surface area contributed by atoms with Crippen molar-refractivity contribution in [3.05, 3.63) is 0 Å². The van der Waals surface area contributed by atoms with Crippen LogP contribution in [0.4, 0.5) is 0 Å². The first kappa shape index (κ1) is 25.2. The first-order valence-electron chi connectivity index (χ1n) is 9.50. The minimum Gasteiger partial charge on any atom is -0.455 e. The van der Waals surface area contributed by atoms with Crippen LogP contribution in [0, 0.1) is 0 Å². The molecule has 0 aromatic carbocycles.